The van der Waals surface area contributed by atoms with Gasteiger partial charge in [-0.1, -0.05) is 24.3 Å². The van der Waals surface area contributed by atoms with Gasteiger partial charge in [0.15, 0.2) is 0 Å². The molecule has 0 fully saturated rings. The van der Waals surface area contributed by atoms with E-state index in [-0.39, 0.29) is 24.9 Å². The topological polar surface area (TPSA) is 133 Å². The van der Waals surface area contributed by atoms with E-state index in [1.165, 1.54) is 6.20 Å². The summed E-state index contributed by atoms with van der Waals surface area (Å²) < 4.78 is 0. The number of hydrogen-bond acceptors (Lipinski definition) is 6. The second-order valence-electron chi connectivity index (χ2n) is 7.15. The van der Waals surface area contributed by atoms with Gasteiger partial charge in [0.1, 0.15) is 0 Å². The molecule has 2 heterocycles. The lowest BCUT2D eigenvalue weighted by molar-refractivity contribution is -0.138. The zero-order valence-electron chi connectivity index (χ0n) is 16.5. The fourth-order valence-corrected chi connectivity index (χ4v) is 3.35. The number of carboxylic acid groups (broad SMARTS) is 1. The number of carbonyl (C=O) groups excluding carboxylic acids is 2. The molecule has 4 N–H and O–H groups in total. The molecule has 2 amide bonds. The van der Waals surface area contributed by atoms with E-state index in [2.05, 4.69) is 25.9 Å². The molecule has 1 aromatic rings. The van der Waals surface area contributed by atoms with E-state index in [4.69, 9.17) is 5.11 Å². The number of rotatable bonds is 8. The molecule has 3 rings (SSSR count). The maximum absolute atomic E-state index is 12.5. The molecule has 1 aliphatic heterocycles. The minimum Gasteiger partial charge on any atom is -0.481 e. The average molecular weight is 411 g/mol. The third-order valence-electron chi connectivity index (χ3n) is 4.81. The highest BCUT2D eigenvalue weighted by Gasteiger charge is 2.21. The Balaban J connectivity index is 1.49. The van der Waals surface area contributed by atoms with Crippen LogP contribution in [0.2, 0.25) is 0 Å². The summed E-state index contributed by atoms with van der Waals surface area (Å²) in [6, 6.07) is 2.63. The maximum Gasteiger partial charge on any atom is 0.305 e. The number of amidine groups is 1. The second kappa shape index (κ2) is 10.3. The van der Waals surface area contributed by atoms with Crippen LogP contribution in [-0.4, -0.2) is 52.8 Å². The number of allylic oxidation sites excluding steroid dienone is 2. The molecule has 0 saturated heterocycles. The number of nitrogens with one attached hydrogen (secondary N) is 3. The van der Waals surface area contributed by atoms with Crippen LogP contribution in [0.3, 0.4) is 0 Å². The third kappa shape index (κ3) is 6.26. The first-order chi connectivity index (χ1) is 14.5. The molecular weight excluding hydrogens is 386 g/mol. The predicted octanol–water partition coefficient (Wildman–Crippen LogP) is 0.867. The zero-order chi connectivity index (χ0) is 21.3. The lowest BCUT2D eigenvalue weighted by atomic mass is 9.99. The number of aromatic nitrogens is 1. The SMILES string of the molecule is O=C(O)CC(NC(=O)CNC(=O)C1=CC=CC(NC2=NCCC2)C1)c1cccnc1. The molecule has 158 valence electrons. The number of amides is 2. The highest BCUT2D eigenvalue weighted by molar-refractivity contribution is 5.96. The summed E-state index contributed by atoms with van der Waals surface area (Å²) in [5.41, 5.74) is 1.15. The van der Waals surface area contributed by atoms with Crippen LogP contribution in [-0.2, 0) is 14.4 Å². The smallest absolute Gasteiger partial charge is 0.305 e. The van der Waals surface area contributed by atoms with Gasteiger partial charge in [-0.05, 0) is 18.1 Å². The fourth-order valence-electron chi connectivity index (χ4n) is 3.35. The molecule has 2 aliphatic rings. The van der Waals surface area contributed by atoms with E-state index in [0.29, 0.717) is 17.6 Å². The number of pyridine rings is 1. The Morgan fingerprint density at radius 1 is 1.30 bits per heavy atom. The van der Waals surface area contributed by atoms with Crippen molar-refractivity contribution in [2.75, 3.05) is 13.1 Å². The Hall–Kier alpha value is -3.49. The minimum atomic E-state index is -1.04. The first-order valence-corrected chi connectivity index (χ1v) is 9.88. The number of carbonyl (C=O) groups is 3. The normalized spacial score (nSPS) is 18.7. The molecule has 9 nitrogen and oxygen atoms in total. The van der Waals surface area contributed by atoms with Crippen molar-refractivity contribution in [1.29, 1.82) is 0 Å². The van der Waals surface area contributed by atoms with Crippen molar-refractivity contribution in [2.45, 2.75) is 37.8 Å². The molecule has 0 aromatic carbocycles. The number of carboxylic acids is 1. The molecular formula is C21H25N5O4. The fraction of sp³-hybridized carbons (Fsp3) is 0.381. The van der Waals surface area contributed by atoms with Crippen LogP contribution >= 0.6 is 0 Å². The van der Waals surface area contributed by atoms with Crippen molar-refractivity contribution >= 4 is 23.6 Å². The Labute approximate surface area is 174 Å². The summed E-state index contributed by atoms with van der Waals surface area (Å²) in [7, 11) is 0. The third-order valence-corrected chi connectivity index (χ3v) is 4.81. The molecule has 30 heavy (non-hydrogen) atoms. The zero-order valence-corrected chi connectivity index (χ0v) is 16.5. The molecule has 2 unspecified atom stereocenters. The van der Waals surface area contributed by atoms with Gasteiger partial charge in [-0.2, -0.15) is 0 Å². The van der Waals surface area contributed by atoms with Crippen molar-refractivity contribution in [2.24, 2.45) is 4.99 Å². The molecule has 0 radical (unpaired) electrons. The van der Waals surface area contributed by atoms with E-state index >= 15 is 0 Å². The van der Waals surface area contributed by atoms with Gasteiger partial charge < -0.3 is 21.1 Å². The molecule has 0 saturated carbocycles. The second-order valence-corrected chi connectivity index (χ2v) is 7.15. The van der Waals surface area contributed by atoms with E-state index in [9.17, 15) is 14.4 Å². The summed E-state index contributed by atoms with van der Waals surface area (Å²) in [5, 5.41) is 17.7. The van der Waals surface area contributed by atoms with Crippen molar-refractivity contribution in [1.82, 2.24) is 20.9 Å². The lowest BCUT2D eigenvalue weighted by Gasteiger charge is -2.21. The largest absolute Gasteiger partial charge is 0.481 e. The first kappa shape index (κ1) is 21.2. The minimum absolute atomic E-state index is 0.00745. The van der Waals surface area contributed by atoms with Gasteiger partial charge in [-0.15, -0.1) is 0 Å². The van der Waals surface area contributed by atoms with Gasteiger partial charge in [0.2, 0.25) is 11.8 Å². The summed E-state index contributed by atoms with van der Waals surface area (Å²) in [4.78, 5) is 44.2. The van der Waals surface area contributed by atoms with Crippen molar-refractivity contribution in [3.05, 3.63) is 53.9 Å². The van der Waals surface area contributed by atoms with Crippen LogP contribution in [0.15, 0.2) is 53.3 Å². The number of aliphatic carboxylic acids is 1. The standard InChI is InChI=1S/C21H25N5O4/c27-19(26-17(11-20(28)29)15-5-2-8-22-12-15)13-24-21(30)14-4-1-6-16(10-14)25-18-7-3-9-23-18/h1-2,4-6,8,12,16-17H,3,7,9-11,13H2,(H,23,25)(H,24,30)(H,26,27)(H,28,29). The van der Waals surface area contributed by atoms with Gasteiger partial charge in [0.05, 0.1) is 30.9 Å². The summed E-state index contributed by atoms with van der Waals surface area (Å²) in [5.74, 6) is -0.880. The summed E-state index contributed by atoms with van der Waals surface area (Å²) in [6.07, 6.45) is 10.8. The Morgan fingerprint density at radius 2 is 2.17 bits per heavy atom. The van der Waals surface area contributed by atoms with Crippen molar-refractivity contribution in [3.8, 4) is 0 Å². The molecule has 2 atom stereocenters. The molecule has 0 bridgehead atoms. The molecule has 0 spiro atoms. The van der Waals surface area contributed by atoms with Crippen molar-refractivity contribution < 1.29 is 19.5 Å². The van der Waals surface area contributed by atoms with Crippen molar-refractivity contribution in [3.63, 3.8) is 0 Å². The quantitative estimate of drug-likeness (QED) is 0.502. The van der Waals surface area contributed by atoms with E-state index in [1.54, 1.807) is 24.4 Å². The van der Waals surface area contributed by atoms with E-state index in [0.717, 1.165) is 25.2 Å². The van der Waals surface area contributed by atoms with Crippen LogP contribution in [0.4, 0.5) is 0 Å². The first-order valence-electron chi connectivity index (χ1n) is 9.88. The number of aliphatic imine (C=N–C) groups is 1. The van der Waals surface area contributed by atoms with Crippen LogP contribution in [0.25, 0.3) is 0 Å². The highest BCUT2D eigenvalue weighted by atomic mass is 16.4. The van der Waals surface area contributed by atoms with E-state index < -0.39 is 17.9 Å². The highest BCUT2D eigenvalue weighted by Crippen LogP contribution is 2.16. The molecule has 1 aromatic heterocycles. The van der Waals surface area contributed by atoms with Crippen LogP contribution in [0.5, 0.6) is 0 Å². The molecule has 9 heteroatoms. The number of nitrogens with zero attached hydrogens (tertiary/aromatic N) is 2. The average Bonchev–Trinajstić information content (AvgIpc) is 3.25. The molecule has 1 aliphatic carbocycles. The number of hydrogen-bond donors (Lipinski definition) is 4. The Bertz CT molecular complexity index is 879. The monoisotopic (exact) mass is 411 g/mol. The van der Waals surface area contributed by atoms with Gasteiger partial charge in [-0.25, -0.2) is 0 Å². The Kier molecular flexibility index (Phi) is 7.31. The van der Waals surface area contributed by atoms with E-state index in [1.807, 2.05) is 12.2 Å². The maximum atomic E-state index is 12.5. The van der Waals surface area contributed by atoms with Gasteiger partial charge in [0, 0.05) is 37.4 Å². The summed E-state index contributed by atoms with van der Waals surface area (Å²) >= 11 is 0. The van der Waals surface area contributed by atoms with Crippen LogP contribution < -0.4 is 16.0 Å². The van der Waals surface area contributed by atoms with Gasteiger partial charge in [0.25, 0.3) is 0 Å². The van der Waals surface area contributed by atoms with Gasteiger partial charge in [-0.3, -0.25) is 24.4 Å². The predicted molar refractivity (Wildman–Crippen MR) is 111 cm³/mol. The van der Waals surface area contributed by atoms with Gasteiger partial charge >= 0.3 is 5.97 Å². The van der Waals surface area contributed by atoms with Crippen LogP contribution in [0.1, 0.15) is 37.3 Å². The lowest BCUT2D eigenvalue weighted by Crippen LogP contribution is -2.41. The Morgan fingerprint density at radius 3 is 2.87 bits per heavy atom. The van der Waals surface area contributed by atoms with Crippen LogP contribution in [0, 0.1) is 0 Å². The summed E-state index contributed by atoms with van der Waals surface area (Å²) in [6.45, 7) is 0.583.